The highest BCUT2D eigenvalue weighted by Gasteiger charge is 2.27. The van der Waals surface area contributed by atoms with E-state index in [0.717, 1.165) is 36.8 Å². The van der Waals surface area contributed by atoms with Crippen molar-refractivity contribution in [3.63, 3.8) is 0 Å². The Kier molecular flexibility index (Phi) is 6.34. The summed E-state index contributed by atoms with van der Waals surface area (Å²) < 4.78 is 2.56. The number of piperidine rings is 1. The molecule has 0 radical (unpaired) electrons. The summed E-state index contributed by atoms with van der Waals surface area (Å²) in [7, 11) is 3.13. The van der Waals surface area contributed by atoms with E-state index in [1.807, 2.05) is 23.1 Å². The molecule has 2 heterocycles. The number of nitrogens with zero attached hydrogens (tertiary/aromatic N) is 3. The van der Waals surface area contributed by atoms with Gasteiger partial charge in [-0.3, -0.25) is 18.7 Å². The number of aryl methyl sites for hydroxylation is 1. The number of hydrogen-bond donors (Lipinski definition) is 1. The molecule has 1 aliphatic heterocycles. The number of carbonyl (C=O) groups excluding carboxylic acids is 1. The summed E-state index contributed by atoms with van der Waals surface area (Å²) in [5.74, 6) is 0.492. The number of hydrogen-bond acceptors (Lipinski definition) is 4. The second kappa shape index (κ2) is 8.91. The van der Waals surface area contributed by atoms with E-state index in [4.69, 9.17) is 0 Å². The maximum Gasteiger partial charge on any atom is 0.332 e. The molecule has 1 aliphatic rings. The van der Waals surface area contributed by atoms with Gasteiger partial charge in [-0.15, -0.1) is 0 Å². The van der Waals surface area contributed by atoms with Crippen LogP contribution >= 0.6 is 0 Å². The van der Waals surface area contributed by atoms with E-state index in [2.05, 4.69) is 17.4 Å². The molecule has 2 aromatic rings. The number of benzene rings is 1. The minimum atomic E-state index is -0.352. The van der Waals surface area contributed by atoms with Crippen LogP contribution in [-0.4, -0.2) is 34.7 Å². The minimum absolute atomic E-state index is 0.0478. The molecule has 1 saturated heterocycles. The molecule has 7 nitrogen and oxygen atoms in total. The minimum Gasteiger partial charge on any atom is -0.357 e. The molecule has 0 bridgehead atoms. The van der Waals surface area contributed by atoms with Gasteiger partial charge in [-0.1, -0.05) is 30.3 Å². The number of nitrogens with one attached hydrogen (secondary N) is 1. The molecule has 1 N–H and O–H groups in total. The topological polar surface area (TPSA) is 76.3 Å². The molecule has 1 amide bonds. The Labute approximate surface area is 164 Å². The van der Waals surface area contributed by atoms with Crippen LogP contribution in [0.3, 0.4) is 0 Å². The lowest BCUT2D eigenvalue weighted by atomic mass is 9.97. The number of anilines is 1. The summed E-state index contributed by atoms with van der Waals surface area (Å²) >= 11 is 0. The molecular weight excluding hydrogens is 356 g/mol. The molecular formula is C21H28N4O3. The van der Waals surface area contributed by atoms with Crippen LogP contribution in [0, 0.1) is 5.92 Å². The van der Waals surface area contributed by atoms with Crippen LogP contribution in [-0.2, 0) is 25.3 Å². The Morgan fingerprint density at radius 3 is 2.64 bits per heavy atom. The molecule has 150 valence electrons. The number of rotatable bonds is 6. The van der Waals surface area contributed by atoms with E-state index in [1.165, 1.54) is 23.2 Å². The van der Waals surface area contributed by atoms with Crippen LogP contribution in [0.2, 0.25) is 0 Å². The van der Waals surface area contributed by atoms with Gasteiger partial charge >= 0.3 is 5.69 Å². The fourth-order valence-electron chi connectivity index (χ4n) is 3.72. The first-order valence-electron chi connectivity index (χ1n) is 9.81. The second-order valence-corrected chi connectivity index (χ2v) is 7.41. The Hall–Kier alpha value is -2.83. The summed E-state index contributed by atoms with van der Waals surface area (Å²) in [4.78, 5) is 38.7. The van der Waals surface area contributed by atoms with Crippen molar-refractivity contribution in [2.45, 2.75) is 25.7 Å². The molecule has 7 heteroatoms. The highest BCUT2D eigenvalue weighted by molar-refractivity contribution is 5.79. The Morgan fingerprint density at radius 2 is 1.89 bits per heavy atom. The van der Waals surface area contributed by atoms with Crippen molar-refractivity contribution in [1.29, 1.82) is 0 Å². The second-order valence-electron chi connectivity index (χ2n) is 7.41. The lowest BCUT2D eigenvalue weighted by molar-refractivity contribution is -0.125. The first-order chi connectivity index (χ1) is 13.5. The smallest absolute Gasteiger partial charge is 0.332 e. The van der Waals surface area contributed by atoms with Gasteiger partial charge in [-0.05, 0) is 31.2 Å². The van der Waals surface area contributed by atoms with Gasteiger partial charge in [0.25, 0.3) is 5.56 Å². The average Bonchev–Trinajstić information content (AvgIpc) is 2.73. The molecule has 1 aromatic heterocycles. The Bertz CT molecular complexity index is 933. The summed E-state index contributed by atoms with van der Waals surface area (Å²) in [6.45, 7) is 1.90. The average molecular weight is 384 g/mol. The van der Waals surface area contributed by atoms with Gasteiger partial charge in [0, 0.05) is 39.8 Å². The number of amides is 1. The monoisotopic (exact) mass is 384 g/mol. The van der Waals surface area contributed by atoms with Crippen molar-refractivity contribution < 1.29 is 4.79 Å². The van der Waals surface area contributed by atoms with Crippen LogP contribution in [0.4, 0.5) is 5.82 Å². The maximum absolute atomic E-state index is 12.6. The first-order valence-corrected chi connectivity index (χ1v) is 9.81. The van der Waals surface area contributed by atoms with Crippen LogP contribution in [0.25, 0.3) is 0 Å². The lowest BCUT2D eigenvalue weighted by Crippen LogP contribution is -2.46. The van der Waals surface area contributed by atoms with Gasteiger partial charge in [-0.2, -0.15) is 0 Å². The number of carbonyl (C=O) groups is 1. The summed E-state index contributed by atoms with van der Waals surface area (Å²) in [6, 6.07) is 11.7. The van der Waals surface area contributed by atoms with Crippen molar-refractivity contribution in [3.8, 4) is 0 Å². The molecule has 0 spiro atoms. The normalized spacial score (nSPS) is 16.8. The molecule has 0 aliphatic carbocycles. The third kappa shape index (κ3) is 4.52. The zero-order valence-corrected chi connectivity index (χ0v) is 16.6. The van der Waals surface area contributed by atoms with Crippen LogP contribution in [0.15, 0.2) is 46.0 Å². The molecule has 0 saturated carbocycles. The standard InChI is InChI=1S/C21H28N4O3/c1-23-18(14-19(26)24(2)21(23)28)25-13-7-11-17(15-25)20(27)22-12-6-10-16-8-4-3-5-9-16/h3-5,8-9,14,17H,6-7,10-13,15H2,1-2H3,(H,22,27)/t17-/m0/s1. The van der Waals surface area contributed by atoms with Crippen molar-refractivity contribution in [2.75, 3.05) is 24.5 Å². The van der Waals surface area contributed by atoms with Crippen LogP contribution in [0.5, 0.6) is 0 Å². The van der Waals surface area contributed by atoms with Crippen LogP contribution in [0.1, 0.15) is 24.8 Å². The van der Waals surface area contributed by atoms with Gasteiger partial charge in [-0.25, -0.2) is 4.79 Å². The predicted octanol–water partition coefficient (Wildman–Crippen LogP) is 1.05. The summed E-state index contributed by atoms with van der Waals surface area (Å²) in [6.07, 6.45) is 3.51. The van der Waals surface area contributed by atoms with E-state index >= 15 is 0 Å². The first kappa shape index (κ1) is 19.9. The van der Waals surface area contributed by atoms with Gasteiger partial charge < -0.3 is 10.2 Å². The SMILES string of the molecule is Cn1c(N2CCC[C@H](C(=O)NCCCc3ccccc3)C2)cc(=O)n(C)c1=O. The zero-order valence-electron chi connectivity index (χ0n) is 16.6. The largest absolute Gasteiger partial charge is 0.357 e. The Morgan fingerprint density at radius 1 is 1.14 bits per heavy atom. The van der Waals surface area contributed by atoms with Gasteiger partial charge in [0.05, 0.1) is 5.92 Å². The van der Waals surface area contributed by atoms with Crippen molar-refractivity contribution in [1.82, 2.24) is 14.5 Å². The molecule has 0 unspecified atom stereocenters. The highest BCUT2D eigenvalue weighted by atomic mass is 16.2. The van der Waals surface area contributed by atoms with E-state index in [-0.39, 0.29) is 23.1 Å². The summed E-state index contributed by atoms with van der Waals surface area (Å²) in [5.41, 5.74) is 0.590. The van der Waals surface area contributed by atoms with E-state index in [9.17, 15) is 14.4 Å². The van der Waals surface area contributed by atoms with Crippen LogP contribution < -0.4 is 21.5 Å². The third-order valence-corrected chi connectivity index (χ3v) is 5.40. The van der Waals surface area contributed by atoms with Gasteiger partial charge in [0.15, 0.2) is 0 Å². The van der Waals surface area contributed by atoms with Gasteiger partial charge in [0.2, 0.25) is 5.91 Å². The maximum atomic E-state index is 12.6. The molecule has 1 atom stereocenters. The van der Waals surface area contributed by atoms with E-state index in [1.54, 1.807) is 7.05 Å². The predicted molar refractivity (Wildman–Crippen MR) is 110 cm³/mol. The number of aromatic nitrogens is 2. The Balaban J connectivity index is 1.57. The van der Waals surface area contributed by atoms with Gasteiger partial charge in [0.1, 0.15) is 5.82 Å². The van der Waals surface area contributed by atoms with Crippen molar-refractivity contribution >= 4 is 11.7 Å². The van der Waals surface area contributed by atoms with E-state index < -0.39 is 0 Å². The fraction of sp³-hybridized carbons (Fsp3) is 0.476. The quantitative estimate of drug-likeness (QED) is 0.756. The molecule has 1 aromatic carbocycles. The highest BCUT2D eigenvalue weighted by Crippen LogP contribution is 2.21. The van der Waals surface area contributed by atoms with Crippen molar-refractivity contribution in [3.05, 3.63) is 62.8 Å². The third-order valence-electron chi connectivity index (χ3n) is 5.40. The molecule has 3 rings (SSSR count). The van der Waals surface area contributed by atoms with Crippen molar-refractivity contribution in [2.24, 2.45) is 20.0 Å². The molecule has 1 fully saturated rings. The fourth-order valence-corrected chi connectivity index (χ4v) is 3.72. The lowest BCUT2D eigenvalue weighted by Gasteiger charge is -2.34. The molecule has 28 heavy (non-hydrogen) atoms. The summed E-state index contributed by atoms with van der Waals surface area (Å²) in [5, 5.41) is 3.04. The van der Waals surface area contributed by atoms with E-state index in [0.29, 0.717) is 18.9 Å². The zero-order chi connectivity index (χ0) is 20.1.